The number of anilines is 1. The van der Waals surface area contributed by atoms with Crippen LogP contribution in [0.1, 0.15) is 11.0 Å². The SMILES string of the molecule is CN(C)c1ccc(C(O)S(=O)(=O)O)cc1. The smallest absolute Gasteiger partial charge is 0.296 e. The Morgan fingerprint density at radius 1 is 1.20 bits per heavy atom. The number of aliphatic hydroxyl groups excluding tert-OH is 1. The van der Waals surface area contributed by atoms with Crippen molar-refractivity contribution in [2.45, 2.75) is 5.44 Å². The Bertz CT molecular complexity index is 424. The average Bonchev–Trinajstić information content (AvgIpc) is 2.15. The molecule has 1 unspecified atom stereocenters. The summed E-state index contributed by atoms with van der Waals surface area (Å²) < 4.78 is 29.9. The van der Waals surface area contributed by atoms with Crippen LogP contribution in [0, 0.1) is 0 Å². The summed E-state index contributed by atoms with van der Waals surface area (Å²) in [5.41, 5.74) is -0.863. The van der Waals surface area contributed by atoms with Crippen LogP contribution in [0.3, 0.4) is 0 Å². The van der Waals surface area contributed by atoms with Crippen LogP contribution in [-0.4, -0.2) is 32.2 Å². The maximum atomic E-state index is 10.6. The topological polar surface area (TPSA) is 77.8 Å². The molecule has 0 saturated carbocycles. The molecule has 84 valence electrons. The van der Waals surface area contributed by atoms with Crippen LogP contribution in [0.15, 0.2) is 24.3 Å². The first-order chi connectivity index (χ1) is 6.82. The van der Waals surface area contributed by atoms with Gasteiger partial charge in [-0.1, -0.05) is 12.1 Å². The van der Waals surface area contributed by atoms with Gasteiger partial charge in [-0.05, 0) is 17.7 Å². The molecule has 0 aliphatic rings. The van der Waals surface area contributed by atoms with Gasteiger partial charge in [-0.25, -0.2) is 0 Å². The molecule has 1 aromatic rings. The molecule has 0 aromatic heterocycles. The fourth-order valence-corrected chi connectivity index (χ4v) is 1.61. The Hall–Kier alpha value is -1.11. The lowest BCUT2D eigenvalue weighted by atomic mass is 10.2. The summed E-state index contributed by atoms with van der Waals surface area (Å²) in [5.74, 6) is 0. The highest BCUT2D eigenvalue weighted by Gasteiger charge is 2.21. The van der Waals surface area contributed by atoms with E-state index in [-0.39, 0.29) is 5.56 Å². The Morgan fingerprint density at radius 2 is 1.67 bits per heavy atom. The van der Waals surface area contributed by atoms with Crippen LogP contribution in [-0.2, 0) is 10.1 Å². The summed E-state index contributed by atoms with van der Waals surface area (Å²) in [6, 6.07) is 6.22. The molecule has 15 heavy (non-hydrogen) atoms. The lowest BCUT2D eigenvalue weighted by Gasteiger charge is -2.13. The third-order valence-electron chi connectivity index (χ3n) is 1.98. The van der Waals surface area contributed by atoms with Crippen molar-refractivity contribution in [2.24, 2.45) is 0 Å². The van der Waals surface area contributed by atoms with Crippen molar-refractivity contribution in [3.63, 3.8) is 0 Å². The summed E-state index contributed by atoms with van der Waals surface area (Å²) in [4.78, 5) is 1.84. The molecule has 0 aliphatic heterocycles. The fraction of sp³-hybridized carbons (Fsp3) is 0.333. The van der Waals surface area contributed by atoms with E-state index in [0.717, 1.165) is 5.69 Å². The first-order valence-corrected chi connectivity index (χ1v) is 5.74. The minimum atomic E-state index is -4.45. The van der Waals surface area contributed by atoms with Gasteiger partial charge in [0.25, 0.3) is 10.1 Å². The third-order valence-corrected chi connectivity index (χ3v) is 2.81. The normalized spacial score (nSPS) is 13.6. The molecule has 0 bridgehead atoms. The third kappa shape index (κ3) is 2.92. The van der Waals surface area contributed by atoms with Crippen molar-refractivity contribution < 1.29 is 18.1 Å². The Balaban J connectivity index is 3.00. The number of hydrogen-bond donors (Lipinski definition) is 2. The fourth-order valence-electron chi connectivity index (χ4n) is 1.11. The highest BCUT2D eigenvalue weighted by atomic mass is 32.2. The van der Waals surface area contributed by atoms with Gasteiger partial charge in [-0.15, -0.1) is 0 Å². The summed E-state index contributed by atoms with van der Waals surface area (Å²) in [6.45, 7) is 0. The van der Waals surface area contributed by atoms with Gasteiger partial charge in [0.2, 0.25) is 5.44 Å². The van der Waals surface area contributed by atoms with Crippen LogP contribution in [0.25, 0.3) is 0 Å². The lowest BCUT2D eigenvalue weighted by molar-refractivity contribution is 0.238. The van der Waals surface area contributed by atoms with Crippen LogP contribution in [0.4, 0.5) is 5.69 Å². The summed E-state index contributed by atoms with van der Waals surface area (Å²) in [7, 11) is -0.764. The Morgan fingerprint density at radius 3 is 2.00 bits per heavy atom. The number of rotatable bonds is 3. The van der Waals surface area contributed by atoms with Crippen molar-refractivity contribution in [3.05, 3.63) is 29.8 Å². The molecule has 0 heterocycles. The molecule has 6 heteroatoms. The molecule has 0 amide bonds. The van der Waals surface area contributed by atoms with E-state index in [2.05, 4.69) is 0 Å². The monoisotopic (exact) mass is 231 g/mol. The Labute approximate surface area is 88.7 Å². The largest absolute Gasteiger partial charge is 0.378 e. The van der Waals surface area contributed by atoms with E-state index < -0.39 is 15.6 Å². The minimum Gasteiger partial charge on any atom is -0.378 e. The highest BCUT2D eigenvalue weighted by molar-refractivity contribution is 7.85. The second-order valence-electron chi connectivity index (χ2n) is 3.35. The van der Waals surface area contributed by atoms with Crippen molar-refractivity contribution >= 4 is 15.8 Å². The van der Waals surface area contributed by atoms with Gasteiger partial charge in [-0.2, -0.15) is 8.42 Å². The van der Waals surface area contributed by atoms with Gasteiger partial charge < -0.3 is 10.0 Å². The molecule has 1 atom stereocenters. The molecule has 1 aromatic carbocycles. The zero-order valence-corrected chi connectivity index (χ0v) is 9.27. The van der Waals surface area contributed by atoms with E-state index in [9.17, 15) is 13.5 Å². The van der Waals surface area contributed by atoms with Crippen LogP contribution in [0.2, 0.25) is 0 Å². The predicted octanol–water partition coefficient (Wildman–Crippen LogP) is 0.631. The number of nitrogens with zero attached hydrogens (tertiary/aromatic N) is 1. The standard InChI is InChI=1S/C9H13NO4S/c1-10(2)8-5-3-7(4-6-8)9(11)15(12,13)14/h3-6,9,11H,1-2H3,(H,12,13,14). The minimum absolute atomic E-state index is 0.142. The zero-order valence-electron chi connectivity index (χ0n) is 8.45. The van der Waals surface area contributed by atoms with Crippen molar-refractivity contribution in [3.8, 4) is 0 Å². The molecule has 1 rings (SSSR count). The van der Waals surface area contributed by atoms with E-state index in [1.54, 1.807) is 12.1 Å². The highest BCUT2D eigenvalue weighted by Crippen LogP contribution is 2.21. The summed E-state index contributed by atoms with van der Waals surface area (Å²) >= 11 is 0. The van der Waals surface area contributed by atoms with Gasteiger partial charge >= 0.3 is 0 Å². The lowest BCUT2D eigenvalue weighted by Crippen LogP contribution is -2.12. The van der Waals surface area contributed by atoms with Crippen molar-refractivity contribution in [2.75, 3.05) is 19.0 Å². The van der Waals surface area contributed by atoms with E-state index in [1.807, 2.05) is 19.0 Å². The Kier molecular flexibility index (Phi) is 3.33. The average molecular weight is 231 g/mol. The molecule has 0 radical (unpaired) electrons. The molecule has 0 saturated heterocycles. The first kappa shape index (κ1) is 12.0. The molecule has 0 fully saturated rings. The molecule has 0 spiro atoms. The van der Waals surface area contributed by atoms with E-state index in [4.69, 9.17) is 4.55 Å². The second kappa shape index (κ2) is 4.18. The van der Waals surface area contributed by atoms with Gasteiger partial charge in [0.15, 0.2) is 0 Å². The second-order valence-corrected chi connectivity index (χ2v) is 4.83. The van der Waals surface area contributed by atoms with Gasteiger partial charge in [0.1, 0.15) is 0 Å². The van der Waals surface area contributed by atoms with Gasteiger partial charge in [0.05, 0.1) is 0 Å². The van der Waals surface area contributed by atoms with Crippen molar-refractivity contribution in [1.29, 1.82) is 0 Å². The predicted molar refractivity (Wildman–Crippen MR) is 57.3 cm³/mol. The molecule has 5 nitrogen and oxygen atoms in total. The van der Waals surface area contributed by atoms with Gasteiger partial charge in [0, 0.05) is 19.8 Å². The zero-order chi connectivity index (χ0) is 11.6. The summed E-state index contributed by atoms with van der Waals surface area (Å²) in [6.07, 6.45) is 0. The van der Waals surface area contributed by atoms with Crippen LogP contribution in [0.5, 0.6) is 0 Å². The maximum Gasteiger partial charge on any atom is 0.296 e. The maximum absolute atomic E-state index is 10.6. The number of benzene rings is 1. The summed E-state index contributed by atoms with van der Waals surface area (Å²) in [5, 5.41) is 9.23. The van der Waals surface area contributed by atoms with Gasteiger partial charge in [-0.3, -0.25) is 4.55 Å². The van der Waals surface area contributed by atoms with Crippen LogP contribution >= 0.6 is 0 Å². The number of hydrogen-bond acceptors (Lipinski definition) is 4. The van der Waals surface area contributed by atoms with E-state index in [1.165, 1.54) is 12.1 Å². The van der Waals surface area contributed by atoms with Crippen molar-refractivity contribution in [1.82, 2.24) is 0 Å². The number of aliphatic hydroxyl groups is 1. The first-order valence-electron chi connectivity index (χ1n) is 4.24. The molecular weight excluding hydrogens is 218 g/mol. The quantitative estimate of drug-likeness (QED) is 0.746. The van der Waals surface area contributed by atoms with Crippen LogP contribution < -0.4 is 4.90 Å². The molecule has 0 aliphatic carbocycles. The molecule has 2 N–H and O–H groups in total. The van der Waals surface area contributed by atoms with E-state index in [0.29, 0.717) is 0 Å². The molecular formula is C9H13NO4S. The van der Waals surface area contributed by atoms with E-state index >= 15 is 0 Å².